The van der Waals surface area contributed by atoms with Gasteiger partial charge in [-0.15, -0.1) is 0 Å². The normalized spacial score (nSPS) is 17.9. The Labute approximate surface area is 97.8 Å². The first kappa shape index (κ1) is 11.6. The molecule has 0 unspecified atom stereocenters. The lowest BCUT2D eigenvalue weighted by Gasteiger charge is -2.30. The Morgan fingerprint density at radius 3 is 2.12 bits per heavy atom. The molecule has 1 aliphatic heterocycles. The van der Waals surface area contributed by atoms with E-state index in [9.17, 15) is 0 Å². The number of nitrogens with zero attached hydrogens (tertiary/aromatic N) is 2. The molecular weight excluding hydrogens is 200 g/mol. The summed E-state index contributed by atoms with van der Waals surface area (Å²) in [5.74, 6) is 1.92. The Hall–Kier alpha value is -0.830. The lowest BCUT2D eigenvalue weighted by Crippen LogP contribution is -2.37. The summed E-state index contributed by atoms with van der Waals surface area (Å²) >= 11 is 0. The SMILES string of the molecule is CC(C)(C)c1nc2c(o1)CN(C(C)(C)C)C2. The third-order valence-electron chi connectivity index (χ3n) is 3.04. The average molecular weight is 222 g/mol. The Balaban J connectivity index is 2.21. The molecule has 0 bridgehead atoms. The lowest BCUT2D eigenvalue weighted by molar-refractivity contribution is 0.126. The molecule has 1 aromatic heterocycles. The van der Waals surface area contributed by atoms with Gasteiger partial charge in [-0.3, -0.25) is 4.90 Å². The van der Waals surface area contributed by atoms with Gasteiger partial charge in [0.1, 0.15) is 5.76 Å². The minimum atomic E-state index is 0.0108. The van der Waals surface area contributed by atoms with E-state index in [1.165, 1.54) is 0 Å². The fourth-order valence-corrected chi connectivity index (χ4v) is 1.84. The van der Waals surface area contributed by atoms with E-state index >= 15 is 0 Å². The van der Waals surface area contributed by atoms with Crippen LogP contribution in [0.4, 0.5) is 0 Å². The molecule has 3 heteroatoms. The van der Waals surface area contributed by atoms with Crippen LogP contribution in [0, 0.1) is 0 Å². The van der Waals surface area contributed by atoms with Crippen LogP contribution in [0.25, 0.3) is 0 Å². The molecular formula is C13H22N2O. The first-order valence-electron chi connectivity index (χ1n) is 5.92. The summed E-state index contributed by atoms with van der Waals surface area (Å²) in [6, 6.07) is 0. The molecule has 0 amide bonds. The van der Waals surface area contributed by atoms with Crippen LogP contribution in [0.15, 0.2) is 4.42 Å². The van der Waals surface area contributed by atoms with Crippen molar-refractivity contribution in [2.45, 2.75) is 65.6 Å². The predicted octanol–water partition coefficient (Wildman–Crippen LogP) is 3.09. The molecule has 2 rings (SSSR count). The van der Waals surface area contributed by atoms with Gasteiger partial charge in [-0.25, -0.2) is 4.98 Å². The van der Waals surface area contributed by atoms with E-state index in [-0.39, 0.29) is 11.0 Å². The monoisotopic (exact) mass is 222 g/mol. The molecule has 0 N–H and O–H groups in total. The van der Waals surface area contributed by atoms with Crippen molar-refractivity contribution >= 4 is 0 Å². The van der Waals surface area contributed by atoms with Crippen LogP contribution in [-0.2, 0) is 18.5 Å². The summed E-state index contributed by atoms with van der Waals surface area (Å²) in [6.45, 7) is 14.9. The fourth-order valence-electron chi connectivity index (χ4n) is 1.84. The molecule has 3 nitrogen and oxygen atoms in total. The third-order valence-corrected chi connectivity index (χ3v) is 3.04. The molecule has 0 aromatic carbocycles. The van der Waals surface area contributed by atoms with E-state index in [2.05, 4.69) is 51.4 Å². The van der Waals surface area contributed by atoms with Gasteiger partial charge in [-0.05, 0) is 20.8 Å². The first-order valence-corrected chi connectivity index (χ1v) is 5.92. The zero-order chi connectivity index (χ0) is 12.1. The van der Waals surface area contributed by atoms with Gasteiger partial charge in [0.15, 0.2) is 5.89 Å². The zero-order valence-electron chi connectivity index (χ0n) is 11.2. The highest BCUT2D eigenvalue weighted by Crippen LogP contribution is 2.32. The van der Waals surface area contributed by atoms with Crippen molar-refractivity contribution in [3.63, 3.8) is 0 Å². The van der Waals surface area contributed by atoms with E-state index < -0.39 is 0 Å². The lowest BCUT2D eigenvalue weighted by atomic mass is 9.97. The largest absolute Gasteiger partial charge is 0.443 e. The molecule has 0 atom stereocenters. The molecule has 0 fully saturated rings. The zero-order valence-corrected chi connectivity index (χ0v) is 11.2. The van der Waals surface area contributed by atoms with Crippen LogP contribution in [0.3, 0.4) is 0 Å². The molecule has 0 saturated heterocycles. The number of hydrogen-bond donors (Lipinski definition) is 0. The highest BCUT2D eigenvalue weighted by molar-refractivity contribution is 5.18. The van der Waals surface area contributed by atoms with Gasteiger partial charge in [0.2, 0.25) is 0 Å². The number of hydrogen-bond acceptors (Lipinski definition) is 3. The van der Waals surface area contributed by atoms with Crippen molar-refractivity contribution in [2.75, 3.05) is 0 Å². The molecule has 0 aliphatic carbocycles. The van der Waals surface area contributed by atoms with Crippen LogP contribution >= 0.6 is 0 Å². The van der Waals surface area contributed by atoms with E-state index in [1.807, 2.05) is 0 Å². The van der Waals surface area contributed by atoms with Gasteiger partial charge >= 0.3 is 0 Å². The van der Waals surface area contributed by atoms with Crippen molar-refractivity contribution < 1.29 is 4.42 Å². The summed E-state index contributed by atoms with van der Waals surface area (Å²) < 4.78 is 5.86. The summed E-state index contributed by atoms with van der Waals surface area (Å²) in [7, 11) is 0. The molecule has 16 heavy (non-hydrogen) atoms. The Morgan fingerprint density at radius 1 is 1.06 bits per heavy atom. The topological polar surface area (TPSA) is 29.3 Å². The number of fused-ring (bicyclic) bond motifs is 1. The van der Waals surface area contributed by atoms with Crippen LogP contribution in [0.1, 0.15) is 58.9 Å². The van der Waals surface area contributed by atoms with E-state index in [1.54, 1.807) is 0 Å². The third kappa shape index (κ3) is 2.01. The van der Waals surface area contributed by atoms with E-state index in [4.69, 9.17) is 4.42 Å². The van der Waals surface area contributed by atoms with Gasteiger partial charge in [-0.2, -0.15) is 0 Å². The summed E-state index contributed by atoms with van der Waals surface area (Å²) in [4.78, 5) is 7.01. The maximum atomic E-state index is 5.86. The predicted molar refractivity (Wildman–Crippen MR) is 64.2 cm³/mol. The van der Waals surface area contributed by atoms with Crippen LogP contribution in [-0.4, -0.2) is 15.4 Å². The maximum absolute atomic E-state index is 5.86. The van der Waals surface area contributed by atoms with Crippen molar-refractivity contribution in [1.29, 1.82) is 0 Å². The molecule has 0 radical (unpaired) electrons. The number of oxazole rings is 1. The molecule has 0 spiro atoms. The summed E-state index contributed by atoms with van der Waals surface area (Å²) in [5.41, 5.74) is 1.32. The van der Waals surface area contributed by atoms with E-state index in [0.29, 0.717) is 0 Å². The van der Waals surface area contributed by atoms with Crippen LogP contribution in [0.2, 0.25) is 0 Å². The van der Waals surface area contributed by atoms with Crippen molar-refractivity contribution in [1.82, 2.24) is 9.88 Å². The summed E-state index contributed by atoms with van der Waals surface area (Å²) in [5, 5.41) is 0. The molecule has 1 aromatic rings. The maximum Gasteiger partial charge on any atom is 0.200 e. The average Bonchev–Trinajstić information content (AvgIpc) is 2.53. The summed E-state index contributed by atoms with van der Waals surface area (Å²) in [6.07, 6.45) is 0. The van der Waals surface area contributed by atoms with Gasteiger partial charge in [0.05, 0.1) is 12.2 Å². The molecule has 90 valence electrons. The minimum absolute atomic E-state index is 0.0108. The second kappa shape index (κ2) is 3.33. The van der Waals surface area contributed by atoms with E-state index in [0.717, 1.165) is 30.4 Å². The highest BCUT2D eigenvalue weighted by atomic mass is 16.4. The molecule has 0 saturated carbocycles. The van der Waals surface area contributed by atoms with Crippen molar-refractivity contribution in [3.8, 4) is 0 Å². The van der Waals surface area contributed by atoms with Gasteiger partial charge in [0.25, 0.3) is 0 Å². The second-order valence-electron chi connectivity index (χ2n) is 6.67. The highest BCUT2D eigenvalue weighted by Gasteiger charge is 2.34. The van der Waals surface area contributed by atoms with Gasteiger partial charge < -0.3 is 4.42 Å². The quantitative estimate of drug-likeness (QED) is 0.675. The van der Waals surface area contributed by atoms with Crippen LogP contribution < -0.4 is 0 Å². The number of aromatic nitrogens is 1. The Kier molecular flexibility index (Phi) is 2.42. The second-order valence-corrected chi connectivity index (χ2v) is 6.67. The first-order chi connectivity index (χ1) is 7.18. The van der Waals surface area contributed by atoms with Crippen molar-refractivity contribution in [2.24, 2.45) is 0 Å². The standard InChI is InChI=1S/C13H22N2O/c1-12(2,3)11-14-9-7-15(13(4,5)6)8-10(9)16-11/h7-8H2,1-6H3. The smallest absolute Gasteiger partial charge is 0.200 e. The number of rotatable bonds is 0. The van der Waals surface area contributed by atoms with Gasteiger partial charge in [-0.1, -0.05) is 20.8 Å². The van der Waals surface area contributed by atoms with Crippen molar-refractivity contribution in [3.05, 3.63) is 17.3 Å². The van der Waals surface area contributed by atoms with Gasteiger partial charge in [0, 0.05) is 17.5 Å². The Morgan fingerprint density at radius 2 is 1.69 bits per heavy atom. The minimum Gasteiger partial charge on any atom is -0.443 e. The fraction of sp³-hybridized carbons (Fsp3) is 0.769. The van der Waals surface area contributed by atoms with Crippen LogP contribution in [0.5, 0.6) is 0 Å². The Bertz CT molecular complexity index is 370. The molecule has 2 heterocycles. The molecule has 1 aliphatic rings.